The van der Waals surface area contributed by atoms with Gasteiger partial charge in [0.2, 0.25) is 0 Å². The van der Waals surface area contributed by atoms with Crippen LogP contribution in [0.15, 0.2) is 0 Å². The van der Waals surface area contributed by atoms with E-state index < -0.39 is 8.80 Å². The molecule has 23 heavy (non-hydrogen) atoms. The van der Waals surface area contributed by atoms with Crippen LogP contribution in [0.5, 0.6) is 0 Å². The average molecular weight is 343 g/mol. The summed E-state index contributed by atoms with van der Waals surface area (Å²) in [6.45, 7) is 2.32. The maximum atomic E-state index is 5.97. The topological polar surface area (TPSA) is 27.7 Å². The lowest BCUT2D eigenvalue weighted by molar-refractivity contribution is 0.0710. The van der Waals surface area contributed by atoms with E-state index in [2.05, 4.69) is 6.92 Å². The first-order valence-electron chi connectivity index (χ1n) is 9.86. The van der Waals surface area contributed by atoms with E-state index in [0.29, 0.717) is 5.54 Å². The van der Waals surface area contributed by atoms with Gasteiger partial charge in [-0.3, -0.25) is 0 Å². The van der Waals surface area contributed by atoms with Crippen LogP contribution < -0.4 is 0 Å². The molecule has 1 unspecified atom stereocenters. The fourth-order valence-electron chi connectivity index (χ4n) is 5.36. The third-order valence-corrected chi connectivity index (χ3v) is 9.98. The minimum absolute atomic E-state index is 0.505. The summed E-state index contributed by atoms with van der Waals surface area (Å²) >= 11 is 0. The first-order valence-corrected chi connectivity index (χ1v) is 11.7. The summed E-state index contributed by atoms with van der Waals surface area (Å²) in [7, 11) is 2.85. The molecule has 2 saturated carbocycles. The summed E-state index contributed by atoms with van der Waals surface area (Å²) < 4.78 is 17.9. The van der Waals surface area contributed by atoms with Crippen LogP contribution in [-0.2, 0) is 13.3 Å². The lowest BCUT2D eigenvalue weighted by atomic mass is 9.73. The Bertz CT molecular complexity index is 310. The molecule has 0 amide bonds. The third-order valence-electron chi connectivity index (χ3n) is 6.52. The molecule has 136 valence electrons. The van der Waals surface area contributed by atoms with Crippen LogP contribution in [0.4, 0.5) is 0 Å². The van der Waals surface area contributed by atoms with E-state index in [1.807, 2.05) is 0 Å². The van der Waals surface area contributed by atoms with Crippen molar-refractivity contribution in [2.75, 3.05) is 21.3 Å². The Morgan fingerprint density at radius 3 is 1.78 bits per heavy atom. The van der Waals surface area contributed by atoms with E-state index in [0.717, 1.165) is 17.8 Å². The zero-order valence-corrected chi connectivity index (χ0v) is 16.8. The largest absolute Gasteiger partial charge is 0.503 e. The third kappa shape index (κ3) is 4.59. The summed E-state index contributed by atoms with van der Waals surface area (Å²) in [5, 5.41) is 0. The van der Waals surface area contributed by atoms with E-state index in [1.54, 1.807) is 21.3 Å². The summed E-state index contributed by atoms with van der Waals surface area (Å²) in [6.07, 6.45) is 15.0. The molecule has 0 aromatic carbocycles. The van der Waals surface area contributed by atoms with Crippen LogP contribution in [0, 0.1) is 17.8 Å². The highest BCUT2D eigenvalue weighted by atomic mass is 28.4. The SMILES string of the molecule is CCCC1CCC(C(C2CCCCC2)[Si](OC)(OC)OC)CC1. The molecule has 0 heterocycles. The van der Waals surface area contributed by atoms with Crippen LogP contribution in [0.2, 0.25) is 5.54 Å². The van der Waals surface area contributed by atoms with Crippen molar-refractivity contribution >= 4 is 8.80 Å². The fraction of sp³-hybridized carbons (Fsp3) is 1.00. The molecule has 2 aliphatic rings. The van der Waals surface area contributed by atoms with Gasteiger partial charge in [-0.2, -0.15) is 0 Å². The summed E-state index contributed by atoms with van der Waals surface area (Å²) in [6, 6.07) is 0. The highest BCUT2D eigenvalue weighted by Gasteiger charge is 2.54. The maximum Gasteiger partial charge on any atom is 0.503 e. The highest BCUT2D eigenvalue weighted by Crippen LogP contribution is 2.50. The van der Waals surface area contributed by atoms with Gasteiger partial charge in [0.05, 0.1) is 0 Å². The Morgan fingerprint density at radius 2 is 1.30 bits per heavy atom. The Kier molecular flexibility index (Phi) is 8.06. The molecule has 0 spiro atoms. The van der Waals surface area contributed by atoms with Crippen molar-refractivity contribution in [2.24, 2.45) is 17.8 Å². The molecule has 3 nitrogen and oxygen atoms in total. The van der Waals surface area contributed by atoms with Crippen molar-refractivity contribution in [3.05, 3.63) is 0 Å². The molecule has 2 fully saturated rings. The molecular formula is C19H38O3Si. The van der Waals surface area contributed by atoms with E-state index in [1.165, 1.54) is 70.6 Å². The van der Waals surface area contributed by atoms with E-state index >= 15 is 0 Å². The molecule has 0 aromatic rings. The summed E-state index contributed by atoms with van der Waals surface area (Å²) in [4.78, 5) is 0. The van der Waals surface area contributed by atoms with Gasteiger partial charge in [-0.1, -0.05) is 64.7 Å². The number of hydrogen-bond donors (Lipinski definition) is 0. The van der Waals surface area contributed by atoms with E-state index in [9.17, 15) is 0 Å². The second kappa shape index (κ2) is 9.55. The first-order chi connectivity index (χ1) is 11.2. The van der Waals surface area contributed by atoms with Gasteiger partial charge in [-0.25, -0.2) is 0 Å². The molecule has 0 aliphatic heterocycles. The first kappa shape index (κ1) is 19.4. The van der Waals surface area contributed by atoms with Gasteiger partial charge < -0.3 is 13.3 Å². The standard InChI is InChI=1S/C19H38O3Si/c1-5-9-16-12-14-18(15-13-16)19(17-10-7-6-8-11-17)23(20-2,21-3)22-4/h16-19H,5-15H2,1-4H3. The average Bonchev–Trinajstić information content (AvgIpc) is 2.62. The predicted octanol–water partition coefficient (Wildman–Crippen LogP) is 5.42. The van der Waals surface area contributed by atoms with Crippen LogP contribution in [0.1, 0.15) is 77.6 Å². The van der Waals surface area contributed by atoms with Crippen LogP contribution in [-0.4, -0.2) is 30.1 Å². The second-order valence-electron chi connectivity index (χ2n) is 7.71. The molecule has 0 aromatic heterocycles. The summed E-state index contributed by atoms with van der Waals surface area (Å²) in [5.74, 6) is 2.42. The van der Waals surface area contributed by atoms with Crippen molar-refractivity contribution in [3.8, 4) is 0 Å². The van der Waals surface area contributed by atoms with Gasteiger partial charge >= 0.3 is 8.80 Å². The lowest BCUT2D eigenvalue weighted by Crippen LogP contribution is -2.53. The van der Waals surface area contributed by atoms with Crippen molar-refractivity contribution in [3.63, 3.8) is 0 Å². The van der Waals surface area contributed by atoms with Gasteiger partial charge in [0.25, 0.3) is 0 Å². The van der Waals surface area contributed by atoms with Crippen LogP contribution in [0.25, 0.3) is 0 Å². The zero-order chi connectivity index (χ0) is 16.7. The Morgan fingerprint density at radius 1 is 0.783 bits per heavy atom. The Labute approximate surface area is 144 Å². The lowest BCUT2D eigenvalue weighted by Gasteiger charge is -2.45. The Hall–Kier alpha value is 0.0969. The molecule has 0 saturated heterocycles. The molecule has 4 heteroatoms. The van der Waals surface area contributed by atoms with Crippen molar-refractivity contribution in [2.45, 2.75) is 83.1 Å². The minimum atomic E-state index is -2.56. The summed E-state index contributed by atoms with van der Waals surface area (Å²) in [5.41, 5.74) is 0.505. The molecule has 1 atom stereocenters. The van der Waals surface area contributed by atoms with E-state index in [4.69, 9.17) is 13.3 Å². The number of hydrogen-bond acceptors (Lipinski definition) is 3. The smallest absolute Gasteiger partial charge is 0.377 e. The monoisotopic (exact) mass is 342 g/mol. The molecule has 2 rings (SSSR count). The molecule has 0 radical (unpaired) electrons. The molecule has 0 bridgehead atoms. The quantitative estimate of drug-likeness (QED) is 0.551. The fourth-order valence-corrected chi connectivity index (χ4v) is 8.50. The molecule has 0 N–H and O–H groups in total. The second-order valence-corrected chi connectivity index (χ2v) is 10.8. The molecule has 2 aliphatic carbocycles. The Balaban J connectivity index is 2.13. The predicted molar refractivity (Wildman–Crippen MR) is 97.5 cm³/mol. The van der Waals surface area contributed by atoms with E-state index in [-0.39, 0.29) is 0 Å². The minimum Gasteiger partial charge on any atom is -0.377 e. The van der Waals surface area contributed by atoms with Gasteiger partial charge in [0, 0.05) is 26.9 Å². The maximum absolute atomic E-state index is 5.97. The van der Waals surface area contributed by atoms with Gasteiger partial charge in [-0.15, -0.1) is 0 Å². The van der Waals surface area contributed by atoms with Crippen molar-refractivity contribution in [1.82, 2.24) is 0 Å². The highest BCUT2D eigenvalue weighted by molar-refractivity contribution is 6.62. The van der Waals surface area contributed by atoms with Crippen LogP contribution in [0.3, 0.4) is 0 Å². The van der Waals surface area contributed by atoms with Gasteiger partial charge in [-0.05, 0) is 30.6 Å². The molecular weight excluding hydrogens is 304 g/mol. The van der Waals surface area contributed by atoms with Gasteiger partial charge in [0.15, 0.2) is 0 Å². The van der Waals surface area contributed by atoms with Crippen LogP contribution >= 0.6 is 0 Å². The normalized spacial score (nSPS) is 28.7. The van der Waals surface area contributed by atoms with Crippen molar-refractivity contribution in [1.29, 1.82) is 0 Å². The van der Waals surface area contributed by atoms with Crippen molar-refractivity contribution < 1.29 is 13.3 Å². The van der Waals surface area contributed by atoms with Gasteiger partial charge in [0.1, 0.15) is 0 Å². The number of rotatable bonds is 8. The zero-order valence-electron chi connectivity index (χ0n) is 15.8.